The Morgan fingerprint density at radius 2 is 2.19 bits per heavy atom. The van der Waals surface area contributed by atoms with Crippen molar-refractivity contribution in [3.8, 4) is 0 Å². The van der Waals surface area contributed by atoms with E-state index in [1.807, 2.05) is 30.1 Å². The van der Waals surface area contributed by atoms with Crippen LogP contribution in [0.15, 0.2) is 30.0 Å². The third kappa shape index (κ3) is 2.89. The van der Waals surface area contributed by atoms with E-state index in [0.717, 1.165) is 43.6 Å². The predicted molar refractivity (Wildman–Crippen MR) is 86.1 cm³/mol. The van der Waals surface area contributed by atoms with Gasteiger partial charge in [-0.3, -0.25) is 4.79 Å². The lowest BCUT2D eigenvalue weighted by Crippen LogP contribution is -2.40. The Bertz CT molecular complexity index is 579. The molecule has 1 aliphatic carbocycles. The molecule has 0 saturated carbocycles. The molecule has 1 amide bonds. The van der Waals surface area contributed by atoms with Gasteiger partial charge in [0.05, 0.1) is 6.54 Å². The molecule has 0 unspecified atom stereocenters. The number of nitrogen functional groups attached to an aromatic ring is 1. The van der Waals surface area contributed by atoms with Gasteiger partial charge in [-0.2, -0.15) is 0 Å². The lowest BCUT2D eigenvalue weighted by atomic mass is 10.0. The van der Waals surface area contributed by atoms with Gasteiger partial charge in [-0.25, -0.2) is 0 Å². The summed E-state index contributed by atoms with van der Waals surface area (Å²) in [6, 6.07) is 6.01. The van der Waals surface area contributed by atoms with Crippen molar-refractivity contribution >= 4 is 17.3 Å². The molecule has 1 aromatic rings. The number of anilines is 2. The van der Waals surface area contributed by atoms with Gasteiger partial charge in [0, 0.05) is 30.7 Å². The maximum absolute atomic E-state index is 12.5. The fourth-order valence-corrected chi connectivity index (χ4v) is 3.25. The van der Waals surface area contributed by atoms with Gasteiger partial charge in [0.25, 0.3) is 0 Å². The van der Waals surface area contributed by atoms with Gasteiger partial charge in [-0.05, 0) is 55.9 Å². The number of carbonyl (C=O) groups excluding carboxylic acids is 1. The van der Waals surface area contributed by atoms with Crippen LogP contribution >= 0.6 is 0 Å². The van der Waals surface area contributed by atoms with Crippen LogP contribution in [-0.2, 0) is 11.2 Å². The van der Waals surface area contributed by atoms with Gasteiger partial charge >= 0.3 is 0 Å². The summed E-state index contributed by atoms with van der Waals surface area (Å²) in [6.07, 6.45) is 7.60. The van der Waals surface area contributed by atoms with E-state index in [0.29, 0.717) is 6.54 Å². The molecule has 0 radical (unpaired) electrons. The predicted octanol–water partition coefficient (Wildman–Crippen LogP) is 2.55. The second-order valence-corrected chi connectivity index (χ2v) is 5.95. The van der Waals surface area contributed by atoms with Crippen LogP contribution in [0.2, 0.25) is 0 Å². The molecule has 0 atom stereocenters. The van der Waals surface area contributed by atoms with Gasteiger partial charge in [-0.15, -0.1) is 0 Å². The highest BCUT2D eigenvalue weighted by Crippen LogP contribution is 2.29. The average Bonchev–Trinajstić information content (AvgIpc) is 3.00. The Hall–Kier alpha value is -1.97. The van der Waals surface area contributed by atoms with Crippen LogP contribution in [0.4, 0.5) is 11.4 Å². The first-order valence-electron chi connectivity index (χ1n) is 7.74. The number of hydrogen-bond donors (Lipinski definition) is 1. The summed E-state index contributed by atoms with van der Waals surface area (Å²) in [5, 5.41) is 0. The van der Waals surface area contributed by atoms with E-state index >= 15 is 0 Å². The number of likely N-dealkylation sites (N-methyl/N-ethyl adjacent to an activating group) is 1. The molecule has 2 N–H and O–H groups in total. The van der Waals surface area contributed by atoms with Gasteiger partial charge < -0.3 is 15.5 Å². The highest BCUT2D eigenvalue weighted by Gasteiger charge is 2.22. The second kappa shape index (κ2) is 5.80. The number of fused-ring (bicyclic) bond motifs is 1. The van der Waals surface area contributed by atoms with E-state index in [2.05, 4.69) is 11.0 Å². The van der Waals surface area contributed by atoms with Crippen molar-refractivity contribution in [2.45, 2.75) is 32.1 Å². The summed E-state index contributed by atoms with van der Waals surface area (Å²) < 4.78 is 0. The van der Waals surface area contributed by atoms with E-state index in [1.165, 1.54) is 17.7 Å². The number of hydrogen-bond acceptors (Lipinski definition) is 3. The maximum Gasteiger partial charge on any atom is 0.245 e. The molecule has 1 aliphatic heterocycles. The van der Waals surface area contributed by atoms with Gasteiger partial charge in [0.15, 0.2) is 0 Å². The molecule has 1 aromatic carbocycles. The highest BCUT2D eigenvalue weighted by molar-refractivity contribution is 5.83. The summed E-state index contributed by atoms with van der Waals surface area (Å²) in [4.78, 5) is 16.5. The fourth-order valence-electron chi connectivity index (χ4n) is 3.25. The first-order valence-corrected chi connectivity index (χ1v) is 7.74. The smallest absolute Gasteiger partial charge is 0.245 e. The number of benzene rings is 1. The Kier molecular flexibility index (Phi) is 3.86. The largest absolute Gasteiger partial charge is 0.399 e. The number of nitrogens with zero attached hydrogens (tertiary/aromatic N) is 2. The molecule has 1 heterocycles. The molecule has 21 heavy (non-hydrogen) atoms. The van der Waals surface area contributed by atoms with E-state index in [4.69, 9.17) is 5.73 Å². The van der Waals surface area contributed by atoms with Gasteiger partial charge in [0.2, 0.25) is 5.91 Å². The average molecular weight is 285 g/mol. The van der Waals surface area contributed by atoms with Crippen LogP contribution in [-0.4, -0.2) is 30.9 Å². The number of allylic oxidation sites excluding steroid dienone is 2. The van der Waals surface area contributed by atoms with E-state index < -0.39 is 0 Å². The number of amides is 1. The summed E-state index contributed by atoms with van der Waals surface area (Å²) in [5.41, 5.74) is 10.3. The molecule has 0 saturated heterocycles. The van der Waals surface area contributed by atoms with Crippen LogP contribution in [0.3, 0.4) is 0 Å². The molecule has 2 aliphatic rings. The maximum atomic E-state index is 12.5. The summed E-state index contributed by atoms with van der Waals surface area (Å²) in [7, 11) is 1.90. The van der Waals surface area contributed by atoms with Crippen LogP contribution in [0.5, 0.6) is 0 Å². The number of aryl methyl sites for hydroxylation is 1. The van der Waals surface area contributed by atoms with Crippen molar-refractivity contribution in [3.05, 3.63) is 35.5 Å². The van der Waals surface area contributed by atoms with Crippen molar-refractivity contribution < 1.29 is 4.79 Å². The lowest BCUT2D eigenvalue weighted by Gasteiger charge is -2.32. The fraction of sp³-hybridized carbons (Fsp3) is 0.471. The number of nitrogens with two attached hydrogens (primary N) is 1. The molecule has 3 rings (SSSR count). The van der Waals surface area contributed by atoms with Crippen molar-refractivity contribution in [3.63, 3.8) is 0 Å². The molecule has 4 heteroatoms. The van der Waals surface area contributed by atoms with Gasteiger partial charge in [0.1, 0.15) is 0 Å². The molecular formula is C17H23N3O. The number of carbonyl (C=O) groups is 1. The Morgan fingerprint density at radius 1 is 1.33 bits per heavy atom. The SMILES string of the molecule is CN(C(=O)CN1CCCc2cc(N)ccc21)C1=CCCC1. The third-order valence-electron chi connectivity index (χ3n) is 4.47. The Morgan fingerprint density at radius 3 is 2.95 bits per heavy atom. The van der Waals surface area contributed by atoms with E-state index in [1.54, 1.807) is 0 Å². The van der Waals surface area contributed by atoms with Crippen LogP contribution in [0.1, 0.15) is 31.2 Å². The monoisotopic (exact) mass is 285 g/mol. The summed E-state index contributed by atoms with van der Waals surface area (Å²) in [6.45, 7) is 1.39. The van der Waals surface area contributed by atoms with Crippen molar-refractivity contribution in [2.24, 2.45) is 0 Å². The molecule has 0 spiro atoms. The number of rotatable bonds is 3. The second-order valence-electron chi connectivity index (χ2n) is 5.95. The Labute approximate surface area is 126 Å². The Balaban J connectivity index is 1.72. The normalized spacial score (nSPS) is 17.4. The van der Waals surface area contributed by atoms with Crippen molar-refractivity contribution in [2.75, 3.05) is 30.8 Å². The highest BCUT2D eigenvalue weighted by atomic mass is 16.2. The van der Waals surface area contributed by atoms with E-state index in [9.17, 15) is 4.79 Å². The van der Waals surface area contributed by atoms with Gasteiger partial charge in [-0.1, -0.05) is 6.08 Å². The molecule has 0 aromatic heterocycles. The first kappa shape index (κ1) is 14.0. The van der Waals surface area contributed by atoms with Crippen molar-refractivity contribution in [1.82, 2.24) is 4.90 Å². The molecule has 4 nitrogen and oxygen atoms in total. The zero-order chi connectivity index (χ0) is 14.8. The third-order valence-corrected chi connectivity index (χ3v) is 4.47. The minimum Gasteiger partial charge on any atom is -0.399 e. The molecule has 0 fully saturated rings. The summed E-state index contributed by atoms with van der Waals surface area (Å²) in [5.74, 6) is 0.174. The lowest BCUT2D eigenvalue weighted by molar-refractivity contribution is -0.126. The molecular weight excluding hydrogens is 262 g/mol. The minimum absolute atomic E-state index is 0.174. The minimum atomic E-state index is 0.174. The zero-order valence-electron chi connectivity index (χ0n) is 12.6. The molecule has 0 bridgehead atoms. The van der Waals surface area contributed by atoms with E-state index in [-0.39, 0.29) is 5.91 Å². The summed E-state index contributed by atoms with van der Waals surface area (Å²) >= 11 is 0. The van der Waals surface area contributed by atoms with Crippen LogP contribution < -0.4 is 10.6 Å². The standard InChI is InChI=1S/C17H23N3O/c1-19(15-6-2-3-7-15)17(21)12-20-10-4-5-13-11-14(18)8-9-16(13)20/h6,8-9,11H,2-5,7,10,12,18H2,1H3. The zero-order valence-corrected chi connectivity index (χ0v) is 12.6. The van der Waals surface area contributed by atoms with Crippen LogP contribution in [0, 0.1) is 0 Å². The topological polar surface area (TPSA) is 49.6 Å². The van der Waals surface area contributed by atoms with Crippen LogP contribution in [0.25, 0.3) is 0 Å². The first-order chi connectivity index (χ1) is 10.1. The molecule has 112 valence electrons. The van der Waals surface area contributed by atoms with Crippen molar-refractivity contribution in [1.29, 1.82) is 0 Å². The quantitative estimate of drug-likeness (QED) is 0.868.